The molecule has 1 heterocycles. The Kier molecular flexibility index (Phi) is 5.99. The lowest BCUT2D eigenvalue weighted by molar-refractivity contribution is 0.0926. The Morgan fingerprint density at radius 2 is 1.93 bits per heavy atom. The molecule has 3 rings (SSSR count). The highest BCUT2D eigenvalue weighted by molar-refractivity contribution is 7.90. The number of hydrazone groups is 1. The van der Waals surface area contributed by atoms with Crippen LogP contribution < -0.4 is 10.2 Å². The molecule has 0 bridgehead atoms. The molecular formula is C20H18N2O6S. The van der Waals surface area contributed by atoms with E-state index in [2.05, 4.69) is 10.5 Å². The number of aromatic hydroxyl groups is 1. The molecule has 9 heteroatoms. The van der Waals surface area contributed by atoms with Gasteiger partial charge in [-0.05, 0) is 42.5 Å². The number of phenols is 1. The molecule has 1 aromatic heterocycles. The van der Waals surface area contributed by atoms with Crippen LogP contribution in [0.3, 0.4) is 0 Å². The fraction of sp³-hybridized carbons (Fsp3) is 0.100. The maximum Gasteiger partial charge on any atom is 0.307 e. The Hall–Kier alpha value is -3.59. The molecule has 0 radical (unpaired) electrons. The molecule has 0 saturated carbocycles. The van der Waals surface area contributed by atoms with Gasteiger partial charge in [-0.2, -0.15) is 5.10 Å². The minimum atomic E-state index is -3.58. The van der Waals surface area contributed by atoms with Gasteiger partial charge >= 0.3 is 5.91 Å². The molecule has 0 spiro atoms. The maximum absolute atomic E-state index is 12.4. The van der Waals surface area contributed by atoms with Crippen molar-refractivity contribution in [2.24, 2.45) is 5.10 Å². The molecule has 3 aromatic rings. The van der Waals surface area contributed by atoms with Gasteiger partial charge in [0, 0.05) is 5.56 Å². The Labute approximate surface area is 167 Å². The fourth-order valence-electron chi connectivity index (χ4n) is 2.45. The summed E-state index contributed by atoms with van der Waals surface area (Å²) in [6, 6.07) is 15.3. The van der Waals surface area contributed by atoms with Gasteiger partial charge in [-0.25, -0.2) is 13.8 Å². The van der Waals surface area contributed by atoms with E-state index in [9.17, 15) is 18.3 Å². The van der Waals surface area contributed by atoms with E-state index in [-0.39, 0.29) is 27.9 Å². The van der Waals surface area contributed by atoms with E-state index in [1.54, 1.807) is 30.3 Å². The van der Waals surface area contributed by atoms with Crippen molar-refractivity contribution < 1.29 is 27.5 Å². The number of sulfone groups is 1. The molecule has 0 atom stereocenters. The number of methoxy groups -OCH3 is 1. The van der Waals surface area contributed by atoms with E-state index in [1.165, 1.54) is 43.7 Å². The molecule has 0 aliphatic carbocycles. The van der Waals surface area contributed by atoms with Crippen LogP contribution in [0.4, 0.5) is 0 Å². The Morgan fingerprint density at radius 1 is 1.17 bits per heavy atom. The number of carbonyl (C=O) groups is 1. The zero-order valence-electron chi connectivity index (χ0n) is 15.4. The number of nitrogens with zero attached hydrogens (tertiary/aromatic N) is 1. The first-order chi connectivity index (χ1) is 13.9. The molecule has 8 nitrogen and oxygen atoms in total. The first kappa shape index (κ1) is 20.2. The largest absolute Gasteiger partial charge is 0.507 e. The zero-order valence-corrected chi connectivity index (χ0v) is 16.2. The van der Waals surface area contributed by atoms with Gasteiger partial charge in [0.15, 0.2) is 15.6 Å². The summed E-state index contributed by atoms with van der Waals surface area (Å²) in [5.41, 5.74) is 2.60. The fourth-order valence-corrected chi connectivity index (χ4v) is 3.72. The quantitative estimate of drug-likeness (QED) is 0.453. The van der Waals surface area contributed by atoms with Crippen molar-refractivity contribution in [1.29, 1.82) is 0 Å². The highest BCUT2D eigenvalue weighted by Gasteiger charge is 2.19. The monoisotopic (exact) mass is 414 g/mol. The number of benzene rings is 2. The molecule has 0 unspecified atom stereocenters. The van der Waals surface area contributed by atoms with Crippen molar-refractivity contribution in [1.82, 2.24) is 5.43 Å². The third-order valence-electron chi connectivity index (χ3n) is 3.92. The van der Waals surface area contributed by atoms with Gasteiger partial charge in [0.05, 0.1) is 18.2 Å². The summed E-state index contributed by atoms with van der Waals surface area (Å²) in [7, 11) is -2.10. The van der Waals surface area contributed by atoms with E-state index in [1.807, 2.05) is 0 Å². The van der Waals surface area contributed by atoms with Crippen LogP contribution in [0.2, 0.25) is 0 Å². The SMILES string of the molecule is COc1ccc(O)c(/C=N/NC(=O)c2ccc(CS(=O)(=O)c3ccccc3)o2)c1. The number of furan rings is 1. The lowest BCUT2D eigenvalue weighted by atomic mass is 10.2. The van der Waals surface area contributed by atoms with Gasteiger partial charge in [-0.15, -0.1) is 0 Å². The number of ether oxygens (including phenoxy) is 1. The molecule has 0 aliphatic rings. The maximum atomic E-state index is 12.4. The van der Waals surface area contributed by atoms with Gasteiger partial charge in [0.25, 0.3) is 0 Å². The molecular weight excluding hydrogens is 396 g/mol. The highest BCUT2D eigenvalue weighted by Crippen LogP contribution is 2.21. The minimum absolute atomic E-state index is 0.0322. The van der Waals surface area contributed by atoms with Crippen molar-refractivity contribution in [3.8, 4) is 11.5 Å². The average molecular weight is 414 g/mol. The number of phenolic OH excluding ortho intramolecular Hbond substituents is 1. The molecule has 2 N–H and O–H groups in total. The first-order valence-electron chi connectivity index (χ1n) is 8.46. The molecule has 29 heavy (non-hydrogen) atoms. The van der Waals surface area contributed by atoms with Crippen LogP contribution in [0.25, 0.3) is 0 Å². The second-order valence-corrected chi connectivity index (χ2v) is 7.95. The van der Waals surface area contributed by atoms with Gasteiger partial charge in [0.2, 0.25) is 0 Å². The molecule has 0 saturated heterocycles. The van der Waals surface area contributed by atoms with Crippen molar-refractivity contribution in [3.63, 3.8) is 0 Å². The minimum Gasteiger partial charge on any atom is -0.507 e. The summed E-state index contributed by atoms with van der Waals surface area (Å²) in [6.07, 6.45) is 1.25. The number of hydrogen-bond acceptors (Lipinski definition) is 7. The number of rotatable bonds is 7. The van der Waals surface area contributed by atoms with Crippen LogP contribution in [0.15, 0.2) is 75.1 Å². The summed E-state index contributed by atoms with van der Waals surface area (Å²) < 4.78 is 35.1. The summed E-state index contributed by atoms with van der Waals surface area (Å²) >= 11 is 0. The van der Waals surface area contributed by atoms with Crippen molar-refractivity contribution in [2.45, 2.75) is 10.6 Å². The van der Waals surface area contributed by atoms with Crippen molar-refractivity contribution in [2.75, 3.05) is 7.11 Å². The Morgan fingerprint density at radius 3 is 2.66 bits per heavy atom. The van der Waals surface area contributed by atoms with Crippen molar-refractivity contribution >= 4 is 22.0 Å². The summed E-state index contributed by atoms with van der Waals surface area (Å²) in [5, 5.41) is 13.6. The third kappa shape index (κ3) is 5.02. The summed E-state index contributed by atoms with van der Waals surface area (Å²) in [5.74, 6) is -0.498. The summed E-state index contributed by atoms with van der Waals surface area (Å²) in [6.45, 7) is 0. The normalized spacial score (nSPS) is 11.5. The molecule has 0 fully saturated rings. The zero-order chi connectivity index (χ0) is 20.9. The number of nitrogens with one attached hydrogen (secondary N) is 1. The van der Waals surface area contributed by atoms with Crippen LogP contribution in [-0.2, 0) is 15.6 Å². The van der Waals surface area contributed by atoms with Crippen LogP contribution in [0.5, 0.6) is 11.5 Å². The molecule has 1 amide bonds. The Bertz CT molecular complexity index is 1140. The second kappa shape index (κ2) is 8.61. The Balaban J connectivity index is 1.65. The average Bonchev–Trinajstić information content (AvgIpc) is 3.18. The van der Waals surface area contributed by atoms with E-state index in [0.717, 1.165) is 0 Å². The third-order valence-corrected chi connectivity index (χ3v) is 5.58. The standard InChI is InChI=1S/C20H18N2O6S/c1-27-15-7-9-18(23)14(11-15)12-21-22-20(24)19-10-8-16(28-19)13-29(25,26)17-5-3-2-4-6-17/h2-12,23H,13H2,1H3,(H,22,24)/b21-12+. The van der Waals surface area contributed by atoms with Crippen LogP contribution in [0, 0.1) is 0 Å². The van der Waals surface area contributed by atoms with Crippen molar-refractivity contribution in [3.05, 3.63) is 77.7 Å². The van der Waals surface area contributed by atoms with E-state index >= 15 is 0 Å². The lowest BCUT2D eigenvalue weighted by Gasteiger charge is -2.03. The van der Waals surface area contributed by atoms with Crippen LogP contribution in [-0.4, -0.2) is 32.8 Å². The predicted molar refractivity (Wildman–Crippen MR) is 106 cm³/mol. The number of carbonyl (C=O) groups excluding carboxylic acids is 1. The number of hydrogen-bond donors (Lipinski definition) is 2. The second-order valence-electron chi connectivity index (χ2n) is 5.96. The van der Waals surface area contributed by atoms with E-state index < -0.39 is 15.7 Å². The first-order valence-corrected chi connectivity index (χ1v) is 10.1. The molecule has 2 aromatic carbocycles. The molecule has 150 valence electrons. The van der Waals surface area contributed by atoms with Gasteiger partial charge in [-0.3, -0.25) is 4.79 Å². The van der Waals surface area contributed by atoms with E-state index in [0.29, 0.717) is 11.3 Å². The van der Waals surface area contributed by atoms with Crippen LogP contribution >= 0.6 is 0 Å². The van der Waals surface area contributed by atoms with Gasteiger partial charge in [-0.1, -0.05) is 18.2 Å². The van der Waals surface area contributed by atoms with Gasteiger partial charge in [0.1, 0.15) is 23.0 Å². The topological polar surface area (TPSA) is 118 Å². The predicted octanol–water partition coefficient (Wildman–Crippen LogP) is 2.73. The van der Waals surface area contributed by atoms with Gasteiger partial charge < -0.3 is 14.3 Å². The van der Waals surface area contributed by atoms with E-state index in [4.69, 9.17) is 9.15 Å². The highest BCUT2D eigenvalue weighted by atomic mass is 32.2. The van der Waals surface area contributed by atoms with Crippen LogP contribution in [0.1, 0.15) is 21.9 Å². The number of amides is 1. The summed E-state index contributed by atoms with van der Waals surface area (Å²) in [4.78, 5) is 12.3. The lowest BCUT2D eigenvalue weighted by Crippen LogP contribution is -2.16. The smallest absolute Gasteiger partial charge is 0.307 e. The molecule has 0 aliphatic heterocycles.